The third-order valence-corrected chi connectivity index (χ3v) is 9.30. The van der Waals surface area contributed by atoms with Gasteiger partial charge < -0.3 is 9.64 Å². The van der Waals surface area contributed by atoms with Crippen LogP contribution in [0.15, 0.2) is 138 Å². The average Bonchev–Trinajstić information content (AvgIpc) is 3.10. The Labute approximate surface area is 237 Å². The molecular formula is C37H31NOS. The Bertz CT molecular complexity index is 1850. The third-order valence-electron chi connectivity index (χ3n) is 7.62. The second-order valence-electron chi connectivity index (χ2n) is 11.0. The molecule has 3 heteroatoms. The molecular weight excluding hydrogens is 506 g/mol. The molecule has 6 aromatic carbocycles. The van der Waals surface area contributed by atoms with Gasteiger partial charge in [-0.25, -0.2) is 10.0 Å². The molecule has 0 atom stereocenters. The van der Waals surface area contributed by atoms with E-state index in [0.717, 1.165) is 39.7 Å². The Balaban J connectivity index is 1.41. The van der Waals surface area contributed by atoms with Gasteiger partial charge in [0.15, 0.2) is 0 Å². The molecule has 7 rings (SSSR count). The molecule has 40 heavy (non-hydrogen) atoms. The summed E-state index contributed by atoms with van der Waals surface area (Å²) in [5, 5.41) is 2.38. The second kappa shape index (κ2) is 9.62. The van der Waals surface area contributed by atoms with Gasteiger partial charge in [0.2, 0.25) is 0 Å². The summed E-state index contributed by atoms with van der Waals surface area (Å²) >= 11 is 0. The van der Waals surface area contributed by atoms with Crippen LogP contribution in [0, 0.1) is 0 Å². The van der Waals surface area contributed by atoms with E-state index in [4.69, 9.17) is 4.74 Å². The number of ether oxygens (including phenoxy) is 1. The van der Waals surface area contributed by atoms with Crippen molar-refractivity contribution in [2.45, 2.75) is 4.90 Å². The summed E-state index contributed by atoms with van der Waals surface area (Å²) in [4.78, 5) is 3.71. The third kappa shape index (κ3) is 4.33. The molecule has 196 valence electrons. The van der Waals surface area contributed by atoms with Crippen molar-refractivity contribution < 1.29 is 4.74 Å². The molecule has 2 nitrogen and oxygen atoms in total. The van der Waals surface area contributed by atoms with Crippen molar-refractivity contribution in [2.24, 2.45) is 0 Å². The second-order valence-corrected chi connectivity index (χ2v) is 15.2. The molecule has 0 radical (unpaired) electrons. The first kappa shape index (κ1) is 24.6. The van der Waals surface area contributed by atoms with Crippen LogP contribution in [0.3, 0.4) is 0 Å². The molecule has 0 saturated heterocycles. The smallest absolute Gasteiger partial charge is 0.137 e. The lowest BCUT2D eigenvalue weighted by Gasteiger charge is -2.29. The first-order valence-corrected chi connectivity index (χ1v) is 16.4. The topological polar surface area (TPSA) is 12.5 Å². The normalized spacial score (nSPS) is 12.5. The van der Waals surface area contributed by atoms with E-state index in [1.54, 1.807) is 0 Å². The van der Waals surface area contributed by atoms with E-state index >= 15 is 0 Å². The number of hydrogen-bond donors (Lipinski definition) is 0. The standard InChI is InChI=1S/C37H31NOS/c1-40(2,3)31-20-17-29(18-21-31)38(28-13-5-4-6-14-28)30-19-22-34-32-15-9-10-16-33(32)35-23-26-11-7-8-12-27(26)24-36(35)39-37(34)25-30/h4-25H,1-3H3. The summed E-state index contributed by atoms with van der Waals surface area (Å²) in [6.07, 6.45) is 7.00. The molecule has 1 aliphatic heterocycles. The van der Waals surface area contributed by atoms with Crippen LogP contribution in [0.5, 0.6) is 11.5 Å². The lowest BCUT2D eigenvalue weighted by Crippen LogP contribution is -2.10. The van der Waals surface area contributed by atoms with Gasteiger partial charge in [-0.05, 0) is 106 Å². The van der Waals surface area contributed by atoms with Crippen LogP contribution in [0.4, 0.5) is 17.1 Å². The van der Waals surface area contributed by atoms with Gasteiger partial charge in [-0.15, -0.1) is 0 Å². The molecule has 0 spiro atoms. The van der Waals surface area contributed by atoms with E-state index in [2.05, 4.69) is 157 Å². The summed E-state index contributed by atoms with van der Waals surface area (Å²) in [6.45, 7) is 0. The van der Waals surface area contributed by atoms with Gasteiger partial charge in [0.25, 0.3) is 0 Å². The molecule has 0 saturated carbocycles. The highest BCUT2D eigenvalue weighted by Gasteiger charge is 2.23. The lowest BCUT2D eigenvalue weighted by molar-refractivity contribution is 0.488. The van der Waals surface area contributed by atoms with Gasteiger partial charge in [-0.2, -0.15) is 0 Å². The minimum absolute atomic E-state index is 0.802. The molecule has 6 aromatic rings. The minimum atomic E-state index is -0.802. The summed E-state index contributed by atoms with van der Waals surface area (Å²) in [5.74, 6) is 1.74. The fourth-order valence-corrected chi connectivity index (χ4v) is 6.52. The molecule has 0 fully saturated rings. The van der Waals surface area contributed by atoms with E-state index in [1.165, 1.54) is 26.8 Å². The monoisotopic (exact) mass is 537 g/mol. The highest BCUT2D eigenvalue weighted by molar-refractivity contribution is 8.32. The van der Waals surface area contributed by atoms with Crippen LogP contribution < -0.4 is 9.64 Å². The molecule has 0 aromatic heterocycles. The number of rotatable bonds is 4. The van der Waals surface area contributed by atoms with Crippen molar-refractivity contribution in [3.63, 3.8) is 0 Å². The number of hydrogen-bond acceptors (Lipinski definition) is 2. The van der Waals surface area contributed by atoms with Gasteiger partial charge in [0, 0.05) is 34.3 Å². The van der Waals surface area contributed by atoms with E-state index in [-0.39, 0.29) is 0 Å². The van der Waals surface area contributed by atoms with Crippen molar-refractivity contribution in [1.29, 1.82) is 0 Å². The van der Waals surface area contributed by atoms with Crippen molar-refractivity contribution in [3.05, 3.63) is 133 Å². The molecule has 1 aliphatic rings. The zero-order chi connectivity index (χ0) is 27.3. The van der Waals surface area contributed by atoms with Crippen molar-refractivity contribution in [2.75, 3.05) is 23.7 Å². The first-order valence-electron chi connectivity index (χ1n) is 13.5. The van der Waals surface area contributed by atoms with Crippen molar-refractivity contribution >= 4 is 37.9 Å². The highest BCUT2D eigenvalue weighted by atomic mass is 32.3. The Morgan fingerprint density at radius 1 is 0.450 bits per heavy atom. The van der Waals surface area contributed by atoms with Crippen LogP contribution in [0.2, 0.25) is 0 Å². The number of fused-ring (bicyclic) bond motifs is 6. The zero-order valence-electron chi connectivity index (χ0n) is 23.0. The van der Waals surface area contributed by atoms with Gasteiger partial charge in [0.05, 0.1) is 0 Å². The predicted octanol–water partition coefficient (Wildman–Crippen LogP) is 10.8. The molecule has 0 aliphatic carbocycles. The van der Waals surface area contributed by atoms with Gasteiger partial charge >= 0.3 is 0 Å². The SMILES string of the molecule is CS(C)(C)c1ccc(N(c2ccccc2)c2ccc3c(c2)Oc2cc4ccccc4cc2-c2ccccc2-3)cc1. The largest absolute Gasteiger partial charge is 0.456 e. The van der Waals surface area contributed by atoms with Crippen LogP contribution in [-0.2, 0) is 0 Å². The summed E-state index contributed by atoms with van der Waals surface area (Å²) in [5.41, 5.74) is 7.88. The van der Waals surface area contributed by atoms with Gasteiger partial charge in [-0.3, -0.25) is 0 Å². The number of anilines is 3. The molecule has 0 N–H and O–H groups in total. The summed E-state index contributed by atoms with van der Waals surface area (Å²) in [7, 11) is -0.802. The number of benzene rings is 6. The number of para-hydroxylation sites is 1. The maximum atomic E-state index is 6.80. The minimum Gasteiger partial charge on any atom is -0.456 e. The van der Waals surface area contributed by atoms with Gasteiger partial charge in [-0.1, -0.05) is 66.7 Å². The summed E-state index contributed by atoms with van der Waals surface area (Å²) in [6, 6.07) is 47.7. The predicted molar refractivity (Wildman–Crippen MR) is 173 cm³/mol. The molecule has 1 heterocycles. The van der Waals surface area contributed by atoms with E-state index < -0.39 is 10.0 Å². The summed E-state index contributed by atoms with van der Waals surface area (Å²) < 4.78 is 6.80. The lowest BCUT2D eigenvalue weighted by atomic mass is 9.93. The van der Waals surface area contributed by atoms with E-state index in [9.17, 15) is 0 Å². The van der Waals surface area contributed by atoms with Crippen molar-refractivity contribution in [1.82, 2.24) is 0 Å². The Hall–Kier alpha value is -4.47. The Morgan fingerprint density at radius 3 is 1.70 bits per heavy atom. The fraction of sp³-hybridized carbons (Fsp3) is 0.0811. The fourth-order valence-electron chi connectivity index (χ4n) is 5.57. The molecule has 0 bridgehead atoms. The van der Waals surface area contributed by atoms with Crippen LogP contribution in [0.25, 0.3) is 33.0 Å². The van der Waals surface area contributed by atoms with E-state index in [0.29, 0.717) is 0 Å². The Kier molecular flexibility index (Phi) is 5.91. The zero-order valence-corrected chi connectivity index (χ0v) is 23.8. The van der Waals surface area contributed by atoms with Crippen LogP contribution >= 0.6 is 10.0 Å². The van der Waals surface area contributed by atoms with Crippen molar-refractivity contribution in [3.8, 4) is 33.8 Å². The van der Waals surface area contributed by atoms with E-state index in [1.807, 2.05) is 0 Å². The average molecular weight is 538 g/mol. The number of nitrogens with zero attached hydrogens (tertiary/aromatic N) is 1. The quantitative estimate of drug-likeness (QED) is 0.221. The molecule has 0 unspecified atom stereocenters. The van der Waals surface area contributed by atoms with Crippen LogP contribution in [0.1, 0.15) is 0 Å². The highest BCUT2D eigenvalue weighted by Crippen LogP contribution is 2.50. The van der Waals surface area contributed by atoms with Gasteiger partial charge in [0.1, 0.15) is 11.5 Å². The van der Waals surface area contributed by atoms with Crippen LogP contribution in [-0.4, -0.2) is 18.8 Å². The molecule has 0 amide bonds. The maximum absolute atomic E-state index is 6.80. The Morgan fingerprint density at radius 2 is 1.00 bits per heavy atom. The first-order chi connectivity index (χ1) is 19.5. The maximum Gasteiger partial charge on any atom is 0.137 e.